The molecule has 5 rings (SSSR count). The van der Waals surface area contributed by atoms with E-state index in [0.717, 1.165) is 62.5 Å². The van der Waals surface area contributed by atoms with E-state index in [2.05, 4.69) is 10.9 Å². The molecule has 0 aromatic heterocycles. The number of nitrogens with one attached hydrogen (secondary N) is 2. The van der Waals surface area contributed by atoms with Crippen LogP contribution in [0.5, 0.6) is 0 Å². The molecule has 2 saturated carbocycles. The average molecular weight is 583 g/mol. The third-order valence-electron chi connectivity index (χ3n) is 10.6. The Kier molecular flexibility index (Phi) is 10.0. The van der Waals surface area contributed by atoms with Gasteiger partial charge in [0, 0.05) is 11.8 Å². The minimum Gasteiger partial charge on any atom is -0.330 e. The van der Waals surface area contributed by atoms with Crippen LogP contribution in [0.25, 0.3) is 0 Å². The molecule has 42 heavy (non-hydrogen) atoms. The predicted octanol–water partition coefficient (Wildman–Crippen LogP) is 2.55. The monoisotopic (exact) mass is 582 g/mol. The Balaban J connectivity index is 1.19. The summed E-state index contributed by atoms with van der Waals surface area (Å²) < 4.78 is -0.503. The number of rotatable bonds is 12. The molecule has 0 unspecified atom stereocenters. The number of benzene rings is 1. The van der Waals surface area contributed by atoms with Gasteiger partial charge in [0.15, 0.2) is 0 Å². The minimum atomic E-state index is -0.251. The van der Waals surface area contributed by atoms with Gasteiger partial charge in [-0.05, 0) is 87.4 Å². The molecule has 1 aromatic carbocycles. The summed E-state index contributed by atoms with van der Waals surface area (Å²) in [5.41, 5.74) is 20.4. The molecule has 0 bridgehead atoms. The second-order valence-electron chi connectivity index (χ2n) is 13.3. The molecule has 230 valence electrons. The molecule has 0 atom stereocenters. The van der Waals surface area contributed by atoms with Crippen LogP contribution < -0.4 is 22.3 Å². The first kappa shape index (κ1) is 31.1. The summed E-state index contributed by atoms with van der Waals surface area (Å²) in [5, 5.41) is 0. The Bertz CT molecular complexity index is 1020. The lowest BCUT2D eigenvalue weighted by atomic mass is 9.81. The number of amides is 4. The van der Waals surface area contributed by atoms with E-state index in [1.54, 1.807) is 0 Å². The van der Waals surface area contributed by atoms with Crippen molar-refractivity contribution in [3.8, 4) is 0 Å². The highest BCUT2D eigenvalue weighted by Crippen LogP contribution is 2.34. The molecule has 2 heterocycles. The van der Waals surface area contributed by atoms with Gasteiger partial charge in [-0.25, -0.2) is 19.2 Å². The SMILES string of the molecule is NCC1CCC(C[N+]2(NCc3ccc(CN[N+]4(CC5CCC(CN)CC5)C(=O)CCC4=O)cc3)C(=O)CCC2=O)CC1. The molecule has 2 aliphatic carbocycles. The summed E-state index contributed by atoms with van der Waals surface area (Å²) in [6, 6.07) is 7.96. The van der Waals surface area contributed by atoms with E-state index in [-0.39, 0.29) is 32.8 Å². The number of quaternary nitrogens is 2. The van der Waals surface area contributed by atoms with Gasteiger partial charge in [0.25, 0.3) is 0 Å². The lowest BCUT2D eigenvalue weighted by molar-refractivity contribution is -0.826. The highest BCUT2D eigenvalue weighted by molar-refractivity contribution is 5.92. The maximum absolute atomic E-state index is 13.0. The van der Waals surface area contributed by atoms with E-state index in [0.29, 0.717) is 88.6 Å². The first-order chi connectivity index (χ1) is 20.3. The molecule has 10 heteroatoms. The molecule has 2 aliphatic heterocycles. The van der Waals surface area contributed by atoms with Crippen molar-refractivity contribution in [3.05, 3.63) is 35.4 Å². The molecule has 4 aliphatic rings. The fraction of sp³-hybridized carbons (Fsp3) is 0.688. The lowest BCUT2D eigenvalue weighted by Crippen LogP contribution is -2.63. The standard InChI is InChI=1S/C32H50N6O4/c33-17-23-1-9-27(10-2-23)21-37(29(39)13-14-30(37)40)35-19-25-5-7-26(8-6-25)20-36-38(31(41)15-16-32(38)42)22-28-11-3-24(18-34)4-12-28/h5-8,23-24,27-28,35-36H,1-4,9-22,33-34H2/q+2. The van der Waals surface area contributed by atoms with E-state index in [1.807, 2.05) is 24.3 Å². The average Bonchev–Trinajstić information content (AvgIpc) is 3.45. The normalized spacial score (nSPS) is 29.4. The van der Waals surface area contributed by atoms with Crippen molar-refractivity contribution in [1.29, 1.82) is 0 Å². The van der Waals surface area contributed by atoms with Crippen molar-refractivity contribution < 1.29 is 28.4 Å². The summed E-state index contributed by atoms with van der Waals surface area (Å²) in [4.78, 5) is 52.2. The topological polar surface area (TPSA) is 144 Å². The second kappa shape index (κ2) is 13.5. The highest BCUT2D eigenvalue weighted by atomic mass is 16.2. The Morgan fingerprint density at radius 1 is 0.524 bits per heavy atom. The molecule has 6 N–H and O–H groups in total. The van der Waals surface area contributed by atoms with Gasteiger partial charge in [0.1, 0.15) is 13.1 Å². The first-order valence-electron chi connectivity index (χ1n) is 16.2. The number of likely N-dealkylation sites (tertiary alicyclic amines) is 2. The molecule has 1 aromatic rings. The summed E-state index contributed by atoms with van der Waals surface area (Å²) >= 11 is 0. The van der Waals surface area contributed by atoms with Gasteiger partial charge in [-0.2, -0.15) is 0 Å². The van der Waals surface area contributed by atoms with E-state index in [1.165, 1.54) is 0 Å². The van der Waals surface area contributed by atoms with Crippen LogP contribution in [0, 0.1) is 23.7 Å². The van der Waals surface area contributed by atoms with Gasteiger partial charge in [0.2, 0.25) is 0 Å². The quantitative estimate of drug-likeness (QED) is 0.217. The van der Waals surface area contributed by atoms with Crippen LogP contribution in [0.3, 0.4) is 0 Å². The summed E-state index contributed by atoms with van der Waals surface area (Å²) in [7, 11) is 0. The molecule has 0 radical (unpaired) electrons. The number of nitrogens with two attached hydrogens (primary N) is 2. The number of nitrogens with zero attached hydrogens (tertiary/aromatic N) is 2. The third-order valence-corrected chi connectivity index (χ3v) is 10.6. The molecule has 0 spiro atoms. The van der Waals surface area contributed by atoms with Gasteiger partial charge in [-0.1, -0.05) is 24.3 Å². The van der Waals surface area contributed by atoms with E-state index >= 15 is 0 Å². The smallest absolute Gasteiger partial charge is 0.330 e. The van der Waals surface area contributed by atoms with Crippen molar-refractivity contribution in [2.45, 2.75) is 90.1 Å². The Labute approximate surface area is 249 Å². The van der Waals surface area contributed by atoms with Crippen LogP contribution in [0.1, 0.15) is 88.2 Å². The van der Waals surface area contributed by atoms with Crippen molar-refractivity contribution in [1.82, 2.24) is 10.9 Å². The van der Waals surface area contributed by atoms with Crippen molar-refractivity contribution >= 4 is 23.6 Å². The number of imide groups is 2. The van der Waals surface area contributed by atoms with E-state index in [9.17, 15) is 19.2 Å². The fourth-order valence-corrected chi connectivity index (χ4v) is 7.66. The Morgan fingerprint density at radius 2 is 0.810 bits per heavy atom. The Hall–Kier alpha value is -2.34. The van der Waals surface area contributed by atoms with Crippen LogP contribution in [0.4, 0.5) is 0 Å². The number of hydrogen-bond acceptors (Lipinski definition) is 8. The fourth-order valence-electron chi connectivity index (χ4n) is 7.66. The summed E-state index contributed by atoms with van der Waals surface area (Å²) in [6.45, 7) is 3.27. The first-order valence-corrected chi connectivity index (χ1v) is 16.2. The third kappa shape index (κ3) is 6.59. The van der Waals surface area contributed by atoms with Gasteiger partial charge in [0.05, 0.1) is 38.8 Å². The molecular formula is C32H50N6O4+2. The largest absolute Gasteiger partial charge is 0.340 e. The molecule has 4 fully saturated rings. The van der Waals surface area contributed by atoms with Gasteiger partial charge in [-0.3, -0.25) is 0 Å². The van der Waals surface area contributed by atoms with Gasteiger partial charge >= 0.3 is 23.6 Å². The number of carbonyl (C=O) groups excluding carboxylic acids is 4. The zero-order valence-corrected chi connectivity index (χ0v) is 25.0. The second-order valence-corrected chi connectivity index (χ2v) is 13.3. The maximum Gasteiger partial charge on any atom is 0.340 e. The van der Waals surface area contributed by atoms with Crippen LogP contribution in [-0.4, -0.2) is 59.0 Å². The van der Waals surface area contributed by atoms with E-state index < -0.39 is 0 Å². The zero-order chi connectivity index (χ0) is 29.7. The zero-order valence-electron chi connectivity index (χ0n) is 25.0. The van der Waals surface area contributed by atoms with Gasteiger partial charge < -0.3 is 11.5 Å². The van der Waals surface area contributed by atoms with Crippen LogP contribution in [0.2, 0.25) is 0 Å². The van der Waals surface area contributed by atoms with Crippen LogP contribution in [0.15, 0.2) is 24.3 Å². The van der Waals surface area contributed by atoms with E-state index in [4.69, 9.17) is 11.5 Å². The molecule has 2 saturated heterocycles. The molecule has 4 amide bonds. The van der Waals surface area contributed by atoms with Crippen molar-refractivity contribution in [3.63, 3.8) is 0 Å². The maximum atomic E-state index is 13.0. The van der Waals surface area contributed by atoms with Crippen LogP contribution in [-0.2, 0) is 32.3 Å². The van der Waals surface area contributed by atoms with Crippen molar-refractivity contribution in [2.24, 2.45) is 35.1 Å². The number of hydrogen-bond donors (Lipinski definition) is 4. The molecule has 10 nitrogen and oxygen atoms in total. The summed E-state index contributed by atoms with van der Waals surface area (Å²) in [6.07, 6.45) is 9.44. The number of carbonyl (C=O) groups is 4. The minimum absolute atomic E-state index is 0.0350. The highest BCUT2D eigenvalue weighted by Gasteiger charge is 2.53. The summed E-state index contributed by atoms with van der Waals surface area (Å²) in [5.74, 6) is 1.63. The molecular weight excluding hydrogens is 532 g/mol. The van der Waals surface area contributed by atoms with Gasteiger partial charge in [-0.15, -0.1) is 20.0 Å². The lowest BCUT2D eigenvalue weighted by Gasteiger charge is -2.35. The van der Waals surface area contributed by atoms with Crippen LogP contribution >= 0.6 is 0 Å². The predicted molar refractivity (Wildman–Crippen MR) is 158 cm³/mol. The van der Waals surface area contributed by atoms with Crippen molar-refractivity contribution in [2.75, 3.05) is 26.2 Å². The Morgan fingerprint density at radius 3 is 1.10 bits per heavy atom.